The average molecular weight is 991 g/mol. The van der Waals surface area contributed by atoms with E-state index in [2.05, 4.69) is 43.5 Å². The van der Waals surface area contributed by atoms with E-state index in [1.807, 2.05) is 6.08 Å². The molecule has 1 amide bonds. The summed E-state index contributed by atoms with van der Waals surface area (Å²) in [7, 11) is 0. The molecule has 412 valence electrons. The molecule has 1 heterocycles. The number of allylic oxidation sites excluding steroid dienone is 5. The predicted octanol–water partition coefficient (Wildman–Crippen LogP) is 15.1. The summed E-state index contributed by atoms with van der Waals surface area (Å²) in [5.74, 6) is -0.185. The van der Waals surface area contributed by atoms with Crippen molar-refractivity contribution in [1.82, 2.24) is 5.32 Å². The monoisotopic (exact) mass is 990 g/mol. The summed E-state index contributed by atoms with van der Waals surface area (Å²) in [4.78, 5) is 13.1. The van der Waals surface area contributed by atoms with Crippen molar-refractivity contribution in [2.75, 3.05) is 13.2 Å². The molecule has 6 N–H and O–H groups in total. The van der Waals surface area contributed by atoms with Crippen molar-refractivity contribution in [2.45, 2.75) is 333 Å². The van der Waals surface area contributed by atoms with Crippen LogP contribution in [-0.4, -0.2) is 87.5 Å². The highest BCUT2D eigenvalue weighted by Gasteiger charge is 2.44. The van der Waals surface area contributed by atoms with Crippen LogP contribution in [-0.2, 0) is 14.3 Å². The summed E-state index contributed by atoms with van der Waals surface area (Å²) in [5, 5.41) is 54.5. The topological polar surface area (TPSA) is 149 Å². The summed E-state index contributed by atoms with van der Waals surface area (Å²) in [6.45, 7) is 3.79. The number of hydrogen-bond donors (Lipinski definition) is 6. The third kappa shape index (κ3) is 39.9. The first kappa shape index (κ1) is 66.4. The van der Waals surface area contributed by atoms with Crippen molar-refractivity contribution < 1.29 is 39.8 Å². The Morgan fingerprint density at radius 3 is 1.20 bits per heavy atom. The fourth-order valence-electron chi connectivity index (χ4n) is 9.66. The molecule has 7 unspecified atom stereocenters. The first-order valence-corrected chi connectivity index (χ1v) is 30.2. The molecule has 9 nitrogen and oxygen atoms in total. The molecule has 1 aliphatic rings. The number of rotatable bonds is 52. The highest BCUT2D eigenvalue weighted by Crippen LogP contribution is 2.23. The molecule has 1 fully saturated rings. The summed E-state index contributed by atoms with van der Waals surface area (Å²) in [6.07, 6.45) is 59.4. The number of aliphatic hydroxyl groups is 5. The molecular formula is C61H115NO8. The van der Waals surface area contributed by atoms with Gasteiger partial charge in [-0.1, -0.05) is 275 Å². The van der Waals surface area contributed by atoms with Gasteiger partial charge < -0.3 is 40.3 Å². The van der Waals surface area contributed by atoms with Crippen LogP contribution in [0.15, 0.2) is 36.5 Å². The van der Waals surface area contributed by atoms with Crippen LogP contribution < -0.4 is 5.32 Å². The van der Waals surface area contributed by atoms with E-state index in [9.17, 15) is 30.3 Å². The molecule has 0 aliphatic carbocycles. The number of ether oxygens (including phenoxy) is 2. The molecule has 7 atom stereocenters. The Hall–Kier alpha value is -1.59. The Labute approximate surface area is 431 Å². The van der Waals surface area contributed by atoms with Crippen LogP contribution in [0.25, 0.3) is 0 Å². The quantitative estimate of drug-likeness (QED) is 0.0261. The van der Waals surface area contributed by atoms with Crippen molar-refractivity contribution >= 4 is 5.91 Å². The molecule has 1 saturated heterocycles. The molecule has 0 radical (unpaired) electrons. The first-order valence-electron chi connectivity index (χ1n) is 30.2. The van der Waals surface area contributed by atoms with Gasteiger partial charge >= 0.3 is 0 Å². The Morgan fingerprint density at radius 2 is 0.814 bits per heavy atom. The van der Waals surface area contributed by atoms with Gasteiger partial charge in [0.1, 0.15) is 24.4 Å². The number of unbranched alkanes of at least 4 members (excludes halogenated alkanes) is 38. The fourth-order valence-corrected chi connectivity index (χ4v) is 9.66. The van der Waals surface area contributed by atoms with Crippen LogP contribution >= 0.6 is 0 Å². The zero-order valence-electron chi connectivity index (χ0n) is 45.8. The van der Waals surface area contributed by atoms with Gasteiger partial charge in [0.05, 0.1) is 25.4 Å². The molecular weight excluding hydrogens is 875 g/mol. The lowest BCUT2D eigenvalue weighted by Crippen LogP contribution is -2.60. The molecule has 0 saturated carbocycles. The number of carbonyl (C=O) groups excluding carboxylic acids is 1. The lowest BCUT2D eigenvalue weighted by Gasteiger charge is -2.40. The number of aliphatic hydroxyl groups excluding tert-OH is 5. The molecule has 1 rings (SSSR count). The second-order valence-electron chi connectivity index (χ2n) is 21.1. The van der Waals surface area contributed by atoms with Gasteiger partial charge in [0.2, 0.25) is 5.91 Å². The van der Waals surface area contributed by atoms with Crippen LogP contribution in [0.3, 0.4) is 0 Å². The van der Waals surface area contributed by atoms with Gasteiger partial charge in [0.25, 0.3) is 0 Å². The van der Waals surface area contributed by atoms with Crippen molar-refractivity contribution in [3.63, 3.8) is 0 Å². The Balaban J connectivity index is 2.20. The van der Waals surface area contributed by atoms with Crippen LogP contribution in [0, 0.1) is 0 Å². The zero-order valence-corrected chi connectivity index (χ0v) is 45.8. The Morgan fingerprint density at radius 1 is 0.471 bits per heavy atom. The molecule has 9 heteroatoms. The average Bonchev–Trinajstić information content (AvgIpc) is 3.36. The molecule has 0 aromatic heterocycles. The van der Waals surface area contributed by atoms with E-state index in [0.717, 1.165) is 44.9 Å². The van der Waals surface area contributed by atoms with Gasteiger partial charge in [-0.05, 0) is 44.9 Å². The summed E-state index contributed by atoms with van der Waals surface area (Å²) in [5.41, 5.74) is 0. The second-order valence-corrected chi connectivity index (χ2v) is 21.1. The highest BCUT2D eigenvalue weighted by molar-refractivity contribution is 5.76. The normalized spacial score (nSPS) is 19.6. The van der Waals surface area contributed by atoms with Crippen molar-refractivity contribution in [3.05, 3.63) is 36.5 Å². The van der Waals surface area contributed by atoms with Crippen LogP contribution in [0.1, 0.15) is 290 Å². The minimum Gasteiger partial charge on any atom is -0.394 e. The third-order valence-electron chi connectivity index (χ3n) is 14.4. The van der Waals surface area contributed by atoms with Crippen LogP contribution in [0.4, 0.5) is 0 Å². The predicted molar refractivity (Wildman–Crippen MR) is 295 cm³/mol. The maximum Gasteiger partial charge on any atom is 0.220 e. The Bertz CT molecular complexity index is 1190. The van der Waals surface area contributed by atoms with Crippen molar-refractivity contribution in [1.29, 1.82) is 0 Å². The largest absolute Gasteiger partial charge is 0.394 e. The van der Waals surface area contributed by atoms with Crippen LogP contribution in [0.2, 0.25) is 0 Å². The minimum absolute atomic E-state index is 0.185. The van der Waals surface area contributed by atoms with E-state index >= 15 is 0 Å². The summed E-state index contributed by atoms with van der Waals surface area (Å²) < 4.78 is 11.3. The third-order valence-corrected chi connectivity index (χ3v) is 14.4. The maximum atomic E-state index is 13.1. The molecule has 0 bridgehead atoms. The van der Waals surface area contributed by atoms with Gasteiger partial charge in [0, 0.05) is 6.42 Å². The fraction of sp³-hybridized carbons (Fsp3) is 0.885. The number of amides is 1. The van der Waals surface area contributed by atoms with E-state index in [0.29, 0.717) is 6.42 Å². The van der Waals surface area contributed by atoms with E-state index in [-0.39, 0.29) is 12.5 Å². The van der Waals surface area contributed by atoms with E-state index in [4.69, 9.17) is 9.47 Å². The van der Waals surface area contributed by atoms with Crippen LogP contribution in [0.5, 0.6) is 0 Å². The molecule has 0 spiro atoms. The second kappa shape index (κ2) is 50.9. The standard InChI is InChI=1S/C61H115NO8/c1-3-5-7-9-11-13-15-17-19-21-23-24-25-26-27-28-29-30-31-33-35-37-39-41-43-45-47-49-51-57(65)62-54(53-69-61-60(68)59(67)58(66)56(52-63)70-61)55(64)50-48-46-44-42-40-38-36-34-32-22-20-18-16-14-12-10-8-6-4-2/h32,34,40,42,48,50,54-56,58-61,63-64,66-68H,3-31,33,35-39,41,43-47,49,51-53H2,1-2H3,(H,62,65)/b34-32+,42-40+,50-48+. The number of carbonyl (C=O) groups is 1. The molecule has 0 aromatic rings. The van der Waals surface area contributed by atoms with Gasteiger partial charge in [-0.3, -0.25) is 4.79 Å². The smallest absolute Gasteiger partial charge is 0.220 e. The molecule has 0 aromatic carbocycles. The number of hydrogen-bond acceptors (Lipinski definition) is 8. The summed E-state index contributed by atoms with van der Waals surface area (Å²) in [6, 6.07) is -0.826. The maximum absolute atomic E-state index is 13.1. The molecule has 1 aliphatic heterocycles. The van der Waals surface area contributed by atoms with Gasteiger partial charge in [-0.15, -0.1) is 0 Å². The molecule has 70 heavy (non-hydrogen) atoms. The zero-order chi connectivity index (χ0) is 50.8. The van der Waals surface area contributed by atoms with E-state index in [1.54, 1.807) is 6.08 Å². The first-order chi connectivity index (χ1) is 34.3. The van der Waals surface area contributed by atoms with Gasteiger partial charge in [-0.2, -0.15) is 0 Å². The highest BCUT2D eigenvalue weighted by atomic mass is 16.7. The van der Waals surface area contributed by atoms with Crippen molar-refractivity contribution in [2.24, 2.45) is 0 Å². The van der Waals surface area contributed by atoms with E-state index in [1.165, 1.54) is 225 Å². The Kier molecular flexibility index (Phi) is 48.3. The SMILES string of the molecule is CCCCCCCCCCC/C=C/CC/C=C/CC/C=C/C(O)C(COC1OC(CO)C(O)C(O)C1O)NC(=O)CCCCCCCCCCCCCCCCCCCCCCCCCCCCCC. The minimum atomic E-state index is -1.57. The summed E-state index contributed by atoms with van der Waals surface area (Å²) >= 11 is 0. The van der Waals surface area contributed by atoms with Gasteiger partial charge in [0.15, 0.2) is 6.29 Å². The number of nitrogens with one attached hydrogen (secondary N) is 1. The lowest BCUT2D eigenvalue weighted by atomic mass is 9.99. The lowest BCUT2D eigenvalue weighted by molar-refractivity contribution is -0.302. The van der Waals surface area contributed by atoms with Crippen molar-refractivity contribution in [3.8, 4) is 0 Å². The van der Waals surface area contributed by atoms with Gasteiger partial charge in [-0.25, -0.2) is 0 Å². The van der Waals surface area contributed by atoms with E-state index < -0.39 is 49.5 Å².